The normalized spacial score (nSPS) is 16.2. The molecule has 0 bridgehead atoms. The van der Waals surface area contributed by atoms with Crippen molar-refractivity contribution in [1.82, 2.24) is 14.2 Å². The van der Waals surface area contributed by atoms with E-state index in [1.165, 1.54) is 63.9 Å². The minimum Gasteiger partial charge on any atom is -0.444 e. The first-order valence-corrected chi connectivity index (χ1v) is 17.8. The van der Waals surface area contributed by atoms with Gasteiger partial charge in [-0.3, -0.25) is 9.78 Å². The number of carbonyl (C=O) groups excluding carboxylic acids is 2. The van der Waals surface area contributed by atoms with Crippen LogP contribution in [0.3, 0.4) is 0 Å². The molecule has 1 aliphatic rings. The second kappa shape index (κ2) is 15.6. The SMILES string of the molecule is CC(C)(C)OC(=O)N1CCN(S(=O)(=O)c2ccccc2)[C@@H](CCc2c(F)cncc2NC(=O)[C@@H](N)C(c2cccc(F)c2)c2cccc(F)c2)C1. The minimum absolute atomic E-state index is 0.00930. The Hall–Kier alpha value is -4.79. The molecule has 0 spiro atoms. The summed E-state index contributed by atoms with van der Waals surface area (Å²) in [6.07, 6.45) is 1.60. The zero-order valence-electron chi connectivity index (χ0n) is 28.4. The van der Waals surface area contributed by atoms with Crippen molar-refractivity contribution in [3.8, 4) is 0 Å². The monoisotopic (exact) mass is 723 g/mol. The molecule has 0 unspecified atom stereocenters. The zero-order chi connectivity index (χ0) is 36.9. The van der Waals surface area contributed by atoms with Gasteiger partial charge in [-0.15, -0.1) is 0 Å². The first kappa shape index (κ1) is 37.5. The van der Waals surface area contributed by atoms with E-state index < -0.39 is 63.1 Å². The summed E-state index contributed by atoms with van der Waals surface area (Å²) in [7, 11) is -4.01. The smallest absolute Gasteiger partial charge is 0.410 e. The highest BCUT2D eigenvalue weighted by Gasteiger charge is 2.39. The Morgan fingerprint density at radius 3 is 2.16 bits per heavy atom. The van der Waals surface area contributed by atoms with Gasteiger partial charge in [0.2, 0.25) is 15.9 Å². The molecule has 5 rings (SSSR count). The van der Waals surface area contributed by atoms with E-state index in [4.69, 9.17) is 10.5 Å². The molecule has 2 amide bonds. The van der Waals surface area contributed by atoms with Crippen molar-refractivity contribution in [3.05, 3.63) is 125 Å². The summed E-state index contributed by atoms with van der Waals surface area (Å²) in [6.45, 7) is 5.21. The number of amides is 2. The van der Waals surface area contributed by atoms with Gasteiger partial charge in [0.25, 0.3) is 0 Å². The van der Waals surface area contributed by atoms with Gasteiger partial charge in [0.1, 0.15) is 23.1 Å². The third kappa shape index (κ3) is 9.12. The number of piperazine rings is 1. The van der Waals surface area contributed by atoms with Gasteiger partial charge in [-0.1, -0.05) is 42.5 Å². The van der Waals surface area contributed by atoms with E-state index in [-0.39, 0.29) is 48.6 Å². The number of nitrogens with two attached hydrogens (primary N) is 1. The maximum Gasteiger partial charge on any atom is 0.410 e. The predicted molar refractivity (Wildman–Crippen MR) is 186 cm³/mol. The number of nitrogens with zero attached hydrogens (tertiary/aromatic N) is 3. The highest BCUT2D eigenvalue weighted by Crippen LogP contribution is 2.31. The van der Waals surface area contributed by atoms with Crippen molar-refractivity contribution in [2.45, 2.75) is 62.1 Å². The molecular formula is C37H40F3N5O5S. The van der Waals surface area contributed by atoms with E-state index in [2.05, 4.69) is 10.3 Å². The molecule has 10 nitrogen and oxygen atoms in total. The molecule has 14 heteroatoms. The molecule has 2 atom stereocenters. The third-order valence-electron chi connectivity index (χ3n) is 8.50. The highest BCUT2D eigenvalue weighted by molar-refractivity contribution is 7.89. The Morgan fingerprint density at radius 1 is 0.941 bits per heavy atom. The lowest BCUT2D eigenvalue weighted by molar-refractivity contribution is -0.117. The first-order chi connectivity index (χ1) is 24.1. The van der Waals surface area contributed by atoms with Gasteiger partial charge in [0.15, 0.2) is 0 Å². The van der Waals surface area contributed by atoms with Crippen LogP contribution < -0.4 is 11.1 Å². The fourth-order valence-electron chi connectivity index (χ4n) is 6.12. The fraction of sp³-hybridized carbons (Fsp3) is 0.324. The summed E-state index contributed by atoms with van der Waals surface area (Å²) in [4.78, 5) is 32.1. The van der Waals surface area contributed by atoms with Gasteiger partial charge in [-0.25, -0.2) is 26.4 Å². The number of anilines is 1. The van der Waals surface area contributed by atoms with Crippen LogP contribution in [0.1, 0.15) is 49.8 Å². The number of sulfonamides is 1. The average molecular weight is 724 g/mol. The average Bonchev–Trinajstić information content (AvgIpc) is 3.07. The number of ether oxygens (including phenoxy) is 1. The van der Waals surface area contributed by atoms with Crippen molar-refractivity contribution in [1.29, 1.82) is 0 Å². The van der Waals surface area contributed by atoms with E-state index in [0.29, 0.717) is 11.1 Å². The Bertz CT molecular complexity index is 1930. The first-order valence-electron chi connectivity index (χ1n) is 16.4. The molecule has 0 saturated carbocycles. The lowest BCUT2D eigenvalue weighted by atomic mass is 9.85. The summed E-state index contributed by atoms with van der Waals surface area (Å²) in [5.41, 5.74) is 6.36. The Kier molecular flexibility index (Phi) is 11.5. The van der Waals surface area contributed by atoms with Crippen LogP contribution in [0, 0.1) is 17.5 Å². The van der Waals surface area contributed by atoms with E-state index in [0.717, 1.165) is 6.20 Å². The second-order valence-electron chi connectivity index (χ2n) is 13.3. The Labute approximate surface area is 295 Å². The van der Waals surface area contributed by atoms with Gasteiger partial charge in [-0.2, -0.15) is 4.31 Å². The standard InChI is InChI=1S/C37H40F3N5O5S/c1-37(2,3)50-36(47)44-17-18-45(51(48,49)29-13-5-4-6-14-29)28(23-44)15-16-30-31(40)21-42-22-32(30)43-35(46)34(41)33(24-9-7-11-26(38)19-24)25-10-8-12-27(39)20-25/h4-14,19-22,28,33-34H,15-18,23,41H2,1-3H3,(H,43,46)/t28-,34-/m0/s1. The molecule has 270 valence electrons. The summed E-state index contributed by atoms with van der Waals surface area (Å²) >= 11 is 0. The molecule has 1 saturated heterocycles. The molecule has 1 aliphatic heterocycles. The topological polar surface area (TPSA) is 135 Å². The number of benzene rings is 3. The van der Waals surface area contributed by atoms with Crippen LogP contribution in [-0.2, 0) is 26.0 Å². The molecule has 0 radical (unpaired) electrons. The summed E-state index contributed by atoms with van der Waals surface area (Å²) < 4.78 is 78.5. The molecule has 0 aliphatic carbocycles. The predicted octanol–water partition coefficient (Wildman–Crippen LogP) is 5.84. The van der Waals surface area contributed by atoms with Crippen molar-refractivity contribution in [2.24, 2.45) is 5.73 Å². The molecule has 3 N–H and O–H groups in total. The number of hydrogen-bond donors (Lipinski definition) is 2. The molecule has 2 heterocycles. The maximum absolute atomic E-state index is 15.5. The van der Waals surface area contributed by atoms with Crippen LogP contribution in [0.25, 0.3) is 0 Å². The number of hydrogen-bond acceptors (Lipinski definition) is 7. The van der Waals surface area contributed by atoms with Crippen molar-refractivity contribution in [3.63, 3.8) is 0 Å². The van der Waals surface area contributed by atoms with Crippen molar-refractivity contribution in [2.75, 3.05) is 25.0 Å². The van der Waals surface area contributed by atoms with Crippen molar-refractivity contribution >= 4 is 27.7 Å². The van der Waals surface area contributed by atoms with Gasteiger partial charge >= 0.3 is 6.09 Å². The van der Waals surface area contributed by atoms with Gasteiger partial charge in [0, 0.05) is 37.2 Å². The number of halogens is 3. The Morgan fingerprint density at radius 2 is 1.57 bits per heavy atom. The number of rotatable bonds is 10. The number of carbonyl (C=O) groups is 2. The fourth-order valence-corrected chi connectivity index (χ4v) is 7.78. The molecular weight excluding hydrogens is 683 g/mol. The van der Waals surface area contributed by atoms with Crippen LogP contribution in [0.15, 0.2) is 96.2 Å². The number of aromatic nitrogens is 1. The van der Waals surface area contributed by atoms with Crippen LogP contribution in [0.2, 0.25) is 0 Å². The van der Waals surface area contributed by atoms with E-state index in [1.54, 1.807) is 51.1 Å². The number of nitrogens with one attached hydrogen (secondary N) is 1. The van der Waals surface area contributed by atoms with Crippen LogP contribution >= 0.6 is 0 Å². The van der Waals surface area contributed by atoms with Gasteiger partial charge in [-0.05, 0) is 81.1 Å². The van der Waals surface area contributed by atoms with E-state index >= 15 is 4.39 Å². The maximum atomic E-state index is 15.5. The van der Waals surface area contributed by atoms with Crippen LogP contribution in [-0.4, -0.2) is 71.9 Å². The summed E-state index contributed by atoms with van der Waals surface area (Å²) in [5, 5.41) is 2.64. The zero-order valence-corrected chi connectivity index (χ0v) is 29.2. The molecule has 1 fully saturated rings. The summed E-state index contributed by atoms with van der Waals surface area (Å²) in [5.74, 6) is -3.65. The van der Waals surface area contributed by atoms with E-state index in [1.807, 2.05) is 0 Å². The Balaban J connectivity index is 1.41. The lowest BCUT2D eigenvalue weighted by Crippen LogP contribution is -2.57. The van der Waals surface area contributed by atoms with Gasteiger partial charge in [0.05, 0.1) is 29.0 Å². The second-order valence-corrected chi connectivity index (χ2v) is 15.2. The van der Waals surface area contributed by atoms with E-state index in [9.17, 15) is 26.8 Å². The molecule has 51 heavy (non-hydrogen) atoms. The lowest BCUT2D eigenvalue weighted by Gasteiger charge is -2.41. The minimum atomic E-state index is -4.01. The molecule has 3 aromatic carbocycles. The van der Waals surface area contributed by atoms with Crippen LogP contribution in [0.5, 0.6) is 0 Å². The summed E-state index contributed by atoms with van der Waals surface area (Å²) in [6, 6.07) is 16.6. The van der Waals surface area contributed by atoms with Crippen LogP contribution in [0.4, 0.5) is 23.7 Å². The third-order valence-corrected chi connectivity index (χ3v) is 10.5. The molecule has 4 aromatic rings. The largest absolute Gasteiger partial charge is 0.444 e. The quantitative estimate of drug-likeness (QED) is 0.210. The van der Waals surface area contributed by atoms with Crippen molar-refractivity contribution < 1.29 is 35.9 Å². The number of pyridine rings is 1. The highest BCUT2D eigenvalue weighted by atomic mass is 32.2. The molecule has 1 aromatic heterocycles. The van der Waals surface area contributed by atoms with Gasteiger partial charge < -0.3 is 20.7 Å².